The van der Waals surface area contributed by atoms with Crippen LogP contribution in [0.1, 0.15) is 12.7 Å². The summed E-state index contributed by atoms with van der Waals surface area (Å²) in [6.07, 6.45) is 7.56. The average molecular weight is 205 g/mol. The molecule has 2 aromatic rings. The first-order valence-corrected chi connectivity index (χ1v) is 5.02. The Balaban J connectivity index is 1.98. The molecule has 0 amide bonds. The molecule has 2 aromatic heterocycles. The maximum atomic E-state index is 4.28. The largest absolute Gasteiger partial charge is 0.375 e. The third kappa shape index (κ3) is 2.18. The Kier molecular flexibility index (Phi) is 2.71. The lowest BCUT2D eigenvalue weighted by Gasteiger charge is -2.05. The van der Waals surface area contributed by atoms with Gasteiger partial charge in [-0.15, -0.1) is 0 Å². The Bertz CT molecular complexity index is 428. The first kappa shape index (κ1) is 9.76. The van der Waals surface area contributed by atoms with Crippen LogP contribution in [-0.4, -0.2) is 19.3 Å². The van der Waals surface area contributed by atoms with Crippen LogP contribution in [0.3, 0.4) is 0 Å². The summed E-state index contributed by atoms with van der Waals surface area (Å²) in [5.41, 5.74) is 1.02. The molecule has 0 aliphatic carbocycles. The number of hydrogen-bond acceptors (Lipinski definition) is 3. The van der Waals surface area contributed by atoms with E-state index in [2.05, 4.69) is 26.9 Å². The monoisotopic (exact) mass is 205 g/mol. The maximum Gasteiger partial charge on any atom is 0.128 e. The van der Waals surface area contributed by atoms with Crippen molar-refractivity contribution in [1.29, 1.82) is 0 Å². The molecule has 80 valence electrons. The number of imidazole rings is 1. The van der Waals surface area contributed by atoms with E-state index in [-0.39, 0.29) is 0 Å². The Labute approximate surface area is 88.7 Å². The van der Waals surface area contributed by atoms with Gasteiger partial charge in [0.15, 0.2) is 0 Å². The van der Waals surface area contributed by atoms with Gasteiger partial charge in [0.05, 0.1) is 18.4 Å². The van der Waals surface area contributed by atoms with Crippen LogP contribution in [0.25, 0.3) is 0 Å². The van der Waals surface area contributed by atoms with Gasteiger partial charge < -0.3 is 9.88 Å². The maximum absolute atomic E-state index is 4.28. The summed E-state index contributed by atoms with van der Waals surface area (Å²) in [5, 5.41) is 7.36. The van der Waals surface area contributed by atoms with Gasteiger partial charge >= 0.3 is 0 Å². The molecular formula is C10H15N5. The van der Waals surface area contributed by atoms with Crippen molar-refractivity contribution in [2.24, 2.45) is 7.05 Å². The van der Waals surface area contributed by atoms with E-state index in [0.29, 0.717) is 0 Å². The first-order valence-electron chi connectivity index (χ1n) is 5.02. The van der Waals surface area contributed by atoms with Crippen LogP contribution in [0.15, 0.2) is 24.8 Å². The Morgan fingerprint density at radius 1 is 1.47 bits per heavy atom. The first-order chi connectivity index (χ1) is 7.29. The van der Waals surface area contributed by atoms with E-state index < -0.39 is 0 Å². The van der Waals surface area contributed by atoms with Gasteiger partial charge in [0.1, 0.15) is 5.82 Å². The quantitative estimate of drug-likeness (QED) is 0.817. The molecule has 0 atom stereocenters. The van der Waals surface area contributed by atoms with E-state index >= 15 is 0 Å². The molecule has 1 N–H and O–H groups in total. The minimum absolute atomic E-state index is 0.729. The van der Waals surface area contributed by atoms with Gasteiger partial charge in [-0.05, 0) is 6.92 Å². The van der Waals surface area contributed by atoms with Crippen LogP contribution in [0.4, 0.5) is 5.69 Å². The highest BCUT2D eigenvalue weighted by Crippen LogP contribution is 2.06. The minimum atomic E-state index is 0.729. The summed E-state index contributed by atoms with van der Waals surface area (Å²) in [6, 6.07) is 0. The van der Waals surface area contributed by atoms with Crippen molar-refractivity contribution < 1.29 is 0 Å². The topological polar surface area (TPSA) is 47.7 Å². The van der Waals surface area contributed by atoms with Gasteiger partial charge in [-0.2, -0.15) is 5.10 Å². The van der Waals surface area contributed by atoms with E-state index in [0.717, 1.165) is 24.6 Å². The number of nitrogens with one attached hydrogen (secondary N) is 1. The summed E-state index contributed by atoms with van der Waals surface area (Å²) < 4.78 is 3.89. The lowest BCUT2D eigenvalue weighted by atomic mass is 10.5. The molecule has 5 heteroatoms. The Morgan fingerprint density at radius 3 is 3.00 bits per heavy atom. The second-order valence-corrected chi connectivity index (χ2v) is 3.39. The lowest BCUT2D eigenvalue weighted by molar-refractivity contribution is 0.708. The van der Waals surface area contributed by atoms with Crippen molar-refractivity contribution in [3.8, 4) is 0 Å². The number of hydrogen-bond donors (Lipinski definition) is 1. The van der Waals surface area contributed by atoms with E-state index in [9.17, 15) is 0 Å². The van der Waals surface area contributed by atoms with Gasteiger partial charge in [0.2, 0.25) is 0 Å². The summed E-state index contributed by atoms with van der Waals surface area (Å²) in [4.78, 5) is 4.28. The van der Waals surface area contributed by atoms with Gasteiger partial charge in [0, 0.05) is 32.2 Å². The minimum Gasteiger partial charge on any atom is -0.375 e. The van der Waals surface area contributed by atoms with Gasteiger partial charge in [-0.1, -0.05) is 0 Å². The Hall–Kier alpha value is -1.78. The van der Waals surface area contributed by atoms with E-state index in [1.165, 1.54) is 0 Å². The van der Waals surface area contributed by atoms with Crippen molar-refractivity contribution in [2.75, 3.05) is 5.32 Å². The van der Waals surface area contributed by atoms with Gasteiger partial charge in [-0.25, -0.2) is 4.98 Å². The predicted molar refractivity (Wildman–Crippen MR) is 58.4 cm³/mol. The highest BCUT2D eigenvalue weighted by molar-refractivity contribution is 5.37. The molecule has 0 radical (unpaired) electrons. The van der Waals surface area contributed by atoms with Crippen molar-refractivity contribution in [3.63, 3.8) is 0 Å². The zero-order chi connectivity index (χ0) is 10.7. The van der Waals surface area contributed by atoms with E-state index in [1.54, 1.807) is 10.9 Å². The molecule has 0 aliphatic rings. The molecule has 2 rings (SSSR count). The second-order valence-electron chi connectivity index (χ2n) is 3.39. The van der Waals surface area contributed by atoms with Crippen molar-refractivity contribution in [1.82, 2.24) is 19.3 Å². The molecule has 0 fully saturated rings. The van der Waals surface area contributed by atoms with Crippen molar-refractivity contribution >= 4 is 5.69 Å². The highest BCUT2D eigenvalue weighted by Gasteiger charge is 2.01. The highest BCUT2D eigenvalue weighted by atomic mass is 15.3. The molecule has 15 heavy (non-hydrogen) atoms. The smallest absolute Gasteiger partial charge is 0.128 e. The van der Waals surface area contributed by atoms with Crippen LogP contribution >= 0.6 is 0 Å². The lowest BCUT2D eigenvalue weighted by Crippen LogP contribution is -2.07. The van der Waals surface area contributed by atoms with Crippen LogP contribution in [0.5, 0.6) is 0 Å². The fourth-order valence-electron chi connectivity index (χ4n) is 1.49. The van der Waals surface area contributed by atoms with Crippen LogP contribution in [0.2, 0.25) is 0 Å². The summed E-state index contributed by atoms with van der Waals surface area (Å²) in [7, 11) is 1.90. The third-order valence-corrected chi connectivity index (χ3v) is 2.30. The summed E-state index contributed by atoms with van der Waals surface area (Å²) in [6.45, 7) is 3.78. The number of aryl methyl sites for hydroxylation is 2. The molecule has 0 saturated carbocycles. The molecular weight excluding hydrogens is 190 g/mol. The van der Waals surface area contributed by atoms with E-state index in [4.69, 9.17) is 0 Å². The predicted octanol–water partition coefficient (Wildman–Crippen LogP) is 1.25. The molecule has 0 unspecified atom stereocenters. The zero-order valence-corrected chi connectivity index (χ0v) is 9.01. The molecule has 0 spiro atoms. The van der Waals surface area contributed by atoms with Crippen molar-refractivity contribution in [2.45, 2.75) is 20.0 Å². The molecule has 0 saturated heterocycles. The van der Waals surface area contributed by atoms with Crippen LogP contribution < -0.4 is 5.32 Å². The molecule has 0 bridgehead atoms. The standard InChI is InChI=1S/C10H15N5/c1-3-15-5-4-11-10(15)7-12-9-6-13-14(2)8-9/h4-6,8,12H,3,7H2,1-2H3. The van der Waals surface area contributed by atoms with Crippen LogP contribution in [0, 0.1) is 0 Å². The molecule has 2 heterocycles. The van der Waals surface area contributed by atoms with Crippen molar-refractivity contribution in [3.05, 3.63) is 30.6 Å². The van der Waals surface area contributed by atoms with Gasteiger partial charge in [-0.3, -0.25) is 4.68 Å². The number of nitrogens with zero attached hydrogens (tertiary/aromatic N) is 4. The summed E-state index contributed by atoms with van der Waals surface area (Å²) in [5.74, 6) is 1.04. The number of anilines is 1. The second kappa shape index (κ2) is 4.16. The SMILES string of the molecule is CCn1ccnc1CNc1cnn(C)c1. The zero-order valence-electron chi connectivity index (χ0n) is 9.01. The van der Waals surface area contributed by atoms with Gasteiger partial charge in [0.25, 0.3) is 0 Å². The normalized spacial score (nSPS) is 10.5. The molecule has 0 aromatic carbocycles. The average Bonchev–Trinajstić information content (AvgIpc) is 2.83. The fourth-order valence-corrected chi connectivity index (χ4v) is 1.49. The summed E-state index contributed by atoms with van der Waals surface area (Å²) >= 11 is 0. The molecule has 0 aliphatic heterocycles. The Morgan fingerprint density at radius 2 is 2.33 bits per heavy atom. The number of rotatable bonds is 4. The third-order valence-electron chi connectivity index (χ3n) is 2.30. The van der Waals surface area contributed by atoms with Crippen LogP contribution in [-0.2, 0) is 20.1 Å². The number of aromatic nitrogens is 4. The molecule has 5 nitrogen and oxygen atoms in total. The fraction of sp³-hybridized carbons (Fsp3) is 0.400. The van der Waals surface area contributed by atoms with E-state index in [1.807, 2.05) is 25.6 Å².